The highest BCUT2D eigenvalue weighted by molar-refractivity contribution is 7.13. The smallest absolute Gasteiger partial charge is 0.347 e. The number of aryl methyl sites for hydroxylation is 2. The average Bonchev–Trinajstić information content (AvgIpc) is 2.95. The second-order valence-corrected chi connectivity index (χ2v) is 6.21. The van der Waals surface area contributed by atoms with E-state index < -0.39 is 5.97 Å². The molecule has 0 aliphatic rings. The fraction of sp³-hybridized carbons (Fsp3) is 0.308. The topological polar surface area (TPSA) is 79.3 Å². The number of carboxylic acid groups (broad SMARTS) is 1. The number of amides is 1. The summed E-state index contributed by atoms with van der Waals surface area (Å²) < 4.78 is 0. The molecule has 2 aromatic rings. The maximum absolute atomic E-state index is 12.1. The molecule has 0 aliphatic carbocycles. The van der Waals surface area contributed by atoms with Crippen LogP contribution in [0.4, 0.5) is 0 Å². The first-order chi connectivity index (χ1) is 9.40. The van der Waals surface area contributed by atoms with Gasteiger partial charge in [-0.05, 0) is 31.7 Å². The summed E-state index contributed by atoms with van der Waals surface area (Å²) in [5.74, 6) is -1.15. The number of carbonyl (C=O) groups is 2. The summed E-state index contributed by atoms with van der Waals surface area (Å²) in [6.45, 7) is 5.33. The van der Waals surface area contributed by atoms with Gasteiger partial charge in [0.1, 0.15) is 9.88 Å². The molecular formula is C13H14N2O3S2. The zero-order chi connectivity index (χ0) is 14.9. The molecule has 0 bridgehead atoms. The average molecular weight is 310 g/mol. The van der Waals surface area contributed by atoms with E-state index >= 15 is 0 Å². The molecule has 0 aliphatic heterocycles. The third kappa shape index (κ3) is 2.88. The van der Waals surface area contributed by atoms with E-state index in [9.17, 15) is 9.59 Å². The van der Waals surface area contributed by atoms with E-state index in [1.807, 2.05) is 12.3 Å². The first-order valence-electron chi connectivity index (χ1n) is 5.94. The molecule has 20 heavy (non-hydrogen) atoms. The summed E-state index contributed by atoms with van der Waals surface area (Å²) >= 11 is 2.57. The number of carboxylic acids is 1. The molecule has 0 unspecified atom stereocenters. The molecule has 0 spiro atoms. The Bertz CT molecular complexity index is 660. The van der Waals surface area contributed by atoms with Crippen molar-refractivity contribution in [2.75, 3.05) is 0 Å². The Kier molecular flexibility index (Phi) is 4.20. The van der Waals surface area contributed by atoms with E-state index in [0.717, 1.165) is 16.9 Å². The largest absolute Gasteiger partial charge is 0.477 e. The fourth-order valence-corrected chi connectivity index (χ4v) is 3.47. The molecule has 2 heterocycles. The van der Waals surface area contributed by atoms with Crippen LogP contribution in [0.3, 0.4) is 0 Å². The number of aromatic nitrogens is 1. The molecule has 0 fully saturated rings. The highest BCUT2D eigenvalue weighted by Gasteiger charge is 2.20. The number of rotatable bonds is 4. The molecule has 1 amide bonds. The van der Waals surface area contributed by atoms with E-state index in [1.54, 1.807) is 19.2 Å². The predicted octanol–water partition coefficient (Wildman–Crippen LogP) is 3.01. The van der Waals surface area contributed by atoms with Crippen molar-refractivity contribution >= 4 is 34.6 Å². The van der Waals surface area contributed by atoms with E-state index in [1.165, 1.54) is 11.3 Å². The van der Waals surface area contributed by atoms with Gasteiger partial charge in [-0.25, -0.2) is 9.78 Å². The highest BCUT2D eigenvalue weighted by Crippen LogP contribution is 2.24. The zero-order valence-corrected chi connectivity index (χ0v) is 12.9. The number of aromatic carboxylic acids is 1. The summed E-state index contributed by atoms with van der Waals surface area (Å²) in [5, 5.41) is 16.2. The number of hydrogen-bond acceptors (Lipinski definition) is 5. The quantitative estimate of drug-likeness (QED) is 0.910. The van der Waals surface area contributed by atoms with Gasteiger partial charge in [0.15, 0.2) is 0 Å². The molecule has 106 valence electrons. The van der Waals surface area contributed by atoms with E-state index in [2.05, 4.69) is 10.3 Å². The lowest BCUT2D eigenvalue weighted by Crippen LogP contribution is -2.26. The maximum atomic E-state index is 12.1. The van der Waals surface area contributed by atoms with Crippen molar-refractivity contribution in [3.8, 4) is 0 Å². The van der Waals surface area contributed by atoms with E-state index in [-0.39, 0.29) is 16.8 Å². The molecule has 7 heteroatoms. The minimum atomic E-state index is -0.988. The second-order valence-electron chi connectivity index (χ2n) is 4.44. The minimum absolute atomic E-state index is 0.166. The van der Waals surface area contributed by atoms with Gasteiger partial charge in [0.2, 0.25) is 0 Å². The molecule has 0 aromatic carbocycles. The van der Waals surface area contributed by atoms with Crippen molar-refractivity contribution in [3.63, 3.8) is 0 Å². The second kappa shape index (κ2) is 5.72. The number of thiazole rings is 1. The van der Waals surface area contributed by atoms with Gasteiger partial charge in [-0.15, -0.1) is 11.3 Å². The molecule has 2 rings (SSSR count). The molecular weight excluding hydrogens is 296 g/mol. The van der Waals surface area contributed by atoms with Gasteiger partial charge in [-0.2, -0.15) is 11.3 Å². The molecule has 5 nitrogen and oxygen atoms in total. The van der Waals surface area contributed by atoms with Crippen molar-refractivity contribution in [2.24, 2.45) is 0 Å². The van der Waals surface area contributed by atoms with E-state index in [0.29, 0.717) is 16.3 Å². The van der Waals surface area contributed by atoms with Crippen molar-refractivity contribution in [3.05, 3.63) is 37.5 Å². The third-order valence-corrected chi connectivity index (χ3v) is 5.02. The van der Waals surface area contributed by atoms with Gasteiger partial charge >= 0.3 is 5.97 Å². The Morgan fingerprint density at radius 2 is 2.05 bits per heavy atom. The number of nitrogens with zero attached hydrogens (tertiary/aromatic N) is 1. The lowest BCUT2D eigenvalue weighted by Gasteiger charge is -2.10. The molecule has 0 saturated carbocycles. The highest BCUT2D eigenvalue weighted by atomic mass is 32.1. The van der Waals surface area contributed by atoms with Crippen LogP contribution in [0.1, 0.15) is 49.3 Å². The first kappa shape index (κ1) is 14.7. The standard InChI is InChI=1S/C13H14N2O3S2/c1-6-4-19-5-9(6)11(16)14-8(3)12-15-7(2)10(20-12)13(17)18/h4-5,8H,1-3H3,(H,14,16)(H,17,18)/t8-/m0/s1. The summed E-state index contributed by atoms with van der Waals surface area (Å²) in [7, 11) is 0. The van der Waals surface area contributed by atoms with Gasteiger partial charge in [-0.1, -0.05) is 0 Å². The van der Waals surface area contributed by atoms with Crippen molar-refractivity contribution in [2.45, 2.75) is 26.8 Å². The maximum Gasteiger partial charge on any atom is 0.347 e. The van der Waals surface area contributed by atoms with Crippen LogP contribution in [0.2, 0.25) is 0 Å². The van der Waals surface area contributed by atoms with Crippen LogP contribution in [0, 0.1) is 13.8 Å². The van der Waals surface area contributed by atoms with Gasteiger partial charge < -0.3 is 10.4 Å². The Hall–Kier alpha value is -1.73. The summed E-state index contributed by atoms with van der Waals surface area (Å²) in [5.41, 5.74) is 2.06. The molecule has 0 radical (unpaired) electrons. The number of thiophene rings is 1. The van der Waals surface area contributed by atoms with Gasteiger partial charge in [-0.3, -0.25) is 4.79 Å². The summed E-state index contributed by atoms with van der Waals surface area (Å²) in [4.78, 5) is 27.5. The Morgan fingerprint density at radius 1 is 1.35 bits per heavy atom. The zero-order valence-electron chi connectivity index (χ0n) is 11.3. The fourth-order valence-electron chi connectivity index (χ4n) is 1.73. The van der Waals surface area contributed by atoms with E-state index in [4.69, 9.17) is 5.11 Å². The third-order valence-electron chi connectivity index (χ3n) is 2.83. The van der Waals surface area contributed by atoms with Gasteiger partial charge in [0, 0.05) is 5.38 Å². The lowest BCUT2D eigenvalue weighted by atomic mass is 10.2. The summed E-state index contributed by atoms with van der Waals surface area (Å²) in [6, 6.07) is -0.321. The molecule has 1 atom stereocenters. The Balaban J connectivity index is 2.14. The van der Waals surface area contributed by atoms with Crippen molar-refractivity contribution in [1.82, 2.24) is 10.3 Å². The van der Waals surface area contributed by atoms with Crippen LogP contribution in [-0.4, -0.2) is 22.0 Å². The van der Waals surface area contributed by atoms with Crippen LogP contribution in [-0.2, 0) is 0 Å². The summed E-state index contributed by atoms with van der Waals surface area (Å²) in [6.07, 6.45) is 0. The van der Waals surface area contributed by atoms with Crippen LogP contribution in [0.25, 0.3) is 0 Å². The lowest BCUT2D eigenvalue weighted by molar-refractivity contribution is 0.0701. The monoisotopic (exact) mass is 310 g/mol. The van der Waals surface area contributed by atoms with Gasteiger partial charge in [0.25, 0.3) is 5.91 Å². The van der Waals surface area contributed by atoms with Crippen LogP contribution >= 0.6 is 22.7 Å². The number of carbonyl (C=O) groups excluding carboxylic acids is 1. The Labute approximate surface area is 124 Å². The normalized spacial score (nSPS) is 12.2. The predicted molar refractivity (Wildman–Crippen MR) is 78.7 cm³/mol. The molecule has 0 saturated heterocycles. The van der Waals surface area contributed by atoms with Crippen LogP contribution < -0.4 is 5.32 Å². The SMILES string of the molecule is Cc1cscc1C(=O)N[C@@H](C)c1nc(C)c(C(=O)O)s1. The molecule has 2 N–H and O–H groups in total. The minimum Gasteiger partial charge on any atom is -0.477 e. The number of nitrogens with one attached hydrogen (secondary N) is 1. The molecule has 2 aromatic heterocycles. The van der Waals surface area contributed by atoms with Crippen molar-refractivity contribution < 1.29 is 14.7 Å². The Morgan fingerprint density at radius 3 is 2.55 bits per heavy atom. The number of hydrogen-bond donors (Lipinski definition) is 2. The van der Waals surface area contributed by atoms with Crippen LogP contribution in [0.15, 0.2) is 10.8 Å². The van der Waals surface area contributed by atoms with Crippen LogP contribution in [0.5, 0.6) is 0 Å². The van der Waals surface area contributed by atoms with Gasteiger partial charge in [0.05, 0.1) is 17.3 Å². The first-order valence-corrected chi connectivity index (χ1v) is 7.70. The van der Waals surface area contributed by atoms with Crippen molar-refractivity contribution in [1.29, 1.82) is 0 Å².